The summed E-state index contributed by atoms with van der Waals surface area (Å²) in [6, 6.07) is 1.99. The summed E-state index contributed by atoms with van der Waals surface area (Å²) in [7, 11) is 0. The van der Waals surface area contributed by atoms with Crippen LogP contribution in [0.1, 0.15) is 12.0 Å². The fourth-order valence-corrected chi connectivity index (χ4v) is 2.45. The number of pyridine rings is 1. The second-order valence-corrected chi connectivity index (χ2v) is 4.61. The predicted octanol–water partition coefficient (Wildman–Crippen LogP) is 0.0447. The molecule has 0 bridgehead atoms. The number of hydrogen-bond acceptors (Lipinski definition) is 5. The normalized spacial score (nSPS) is 17.8. The number of rotatable bonds is 4. The van der Waals surface area contributed by atoms with Crippen molar-refractivity contribution in [2.24, 2.45) is 5.73 Å². The maximum Gasteiger partial charge on any atom is 0.0598 e. The molecule has 0 amide bonds. The highest BCUT2D eigenvalue weighted by Gasteiger charge is 2.16. The number of aromatic nitrogens is 1. The quantitative estimate of drug-likeness (QED) is 0.790. The molecule has 5 nitrogen and oxygen atoms in total. The van der Waals surface area contributed by atoms with Gasteiger partial charge in [-0.3, -0.25) is 9.88 Å². The second kappa shape index (κ2) is 6.68. The highest BCUT2D eigenvalue weighted by molar-refractivity contribution is 5.51. The molecule has 18 heavy (non-hydrogen) atoms. The van der Waals surface area contributed by atoms with Gasteiger partial charge < -0.3 is 15.7 Å². The van der Waals surface area contributed by atoms with Crippen molar-refractivity contribution < 1.29 is 5.11 Å². The summed E-state index contributed by atoms with van der Waals surface area (Å²) in [5, 5.41) is 8.99. The number of anilines is 1. The Hall–Kier alpha value is -1.17. The molecule has 0 aliphatic carbocycles. The summed E-state index contributed by atoms with van der Waals surface area (Å²) in [5.41, 5.74) is 8.08. The SMILES string of the molecule is NCc1ccncc1N1CCCN(CCO)CC1. The van der Waals surface area contributed by atoms with Gasteiger partial charge in [-0.15, -0.1) is 0 Å². The van der Waals surface area contributed by atoms with Gasteiger partial charge >= 0.3 is 0 Å². The van der Waals surface area contributed by atoms with Crippen molar-refractivity contribution in [3.63, 3.8) is 0 Å². The number of aliphatic hydroxyl groups excluding tert-OH is 1. The minimum Gasteiger partial charge on any atom is -0.395 e. The Labute approximate surface area is 108 Å². The molecule has 0 atom stereocenters. The van der Waals surface area contributed by atoms with E-state index in [4.69, 9.17) is 10.8 Å². The van der Waals surface area contributed by atoms with Gasteiger partial charge in [-0.05, 0) is 24.6 Å². The van der Waals surface area contributed by atoms with Gasteiger partial charge in [0.05, 0.1) is 18.5 Å². The van der Waals surface area contributed by atoms with Gasteiger partial charge in [-0.25, -0.2) is 0 Å². The molecule has 0 aromatic carbocycles. The van der Waals surface area contributed by atoms with Crippen LogP contribution in [0.3, 0.4) is 0 Å². The molecular formula is C13H22N4O. The summed E-state index contributed by atoms with van der Waals surface area (Å²) < 4.78 is 0. The van der Waals surface area contributed by atoms with Gasteiger partial charge in [0.25, 0.3) is 0 Å². The lowest BCUT2D eigenvalue weighted by Gasteiger charge is -2.25. The van der Waals surface area contributed by atoms with Crippen LogP contribution < -0.4 is 10.6 Å². The molecule has 1 aliphatic rings. The third-order valence-electron chi connectivity index (χ3n) is 3.45. The topological polar surface area (TPSA) is 65.6 Å². The van der Waals surface area contributed by atoms with Crippen molar-refractivity contribution in [2.45, 2.75) is 13.0 Å². The average molecular weight is 250 g/mol. The molecule has 1 fully saturated rings. The molecule has 1 aromatic rings. The molecule has 2 rings (SSSR count). The lowest BCUT2D eigenvalue weighted by Crippen LogP contribution is -2.33. The van der Waals surface area contributed by atoms with Crippen LogP contribution >= 0.6 is 0 Å². The smallest absolute Gasteiger partial charge is 0.0598 e. The van der Waals surface area contributed by atoms with Crippen LogP contribution in [0.4, 0.5) is 5.69 Å². The van der Waals surface area contributed by atoms with Crippen LogP contribution in [0.25, 0.3) is 0 Å². The Kier molecular flexibility index (Phi) is 4.92. The molecule has 1 aliphatic heterocycles. The first kappa shape index (κ1) is 13.3. The molecule has 1 saturated heterocycles. The second-order valence-electron chi connectivity index (χ2n) is 4.61. The van der Waals surface area contributed by atoms with Crippen LogP contribution in [0.5, 0.6) is 0 Å². The van der Waals surface area contributed by atoms with Crippen molar-refractivity contribution in [3.8, 4) is 0 Å². The Morgan fingerprint density at radius 2 is 2.17 bits per heavy atom. The van der Waals surface area contributed by atoms with Crippen molar-refractivity contribution in [1.82, 2.24) is 9.88 Å². The zero-order valence-corrected chi connectivity index (χ0v) is 10.8. The van der Waals surface area contributed by atoms with E-state index in [0.717, 1.165) is 50.4 Å². The van der Waals surface area contributed by atoms with Crippen LogP contribution in [0, 0.1) is 0 Å². The van der Waals surface area contributed by atoms with Crippen LogP contribution in [-0.2, 0) is 6.54 Å². The Balaban J connectivity index is 2.05. The molecule has 0 unspecified atom stereocenters. The highest BCUT2D eigenvalue weighted by atomic mass is 16.3. The van der Waals surface area contributed by atoms with E-state index in [-0.39, 0.29) is 6.61 Å². The summed E-state index contributed by atoms with van der Waals surface area (Å²) in [4.78, 5) is 8.86. The van der Waals surface area contributed by atoms with Crippen molar-refractivity contribution >= 4 is 5.69 Å². The maximum absolute atomic E-state index is 8.99. The van der Waals surface area contributed by atoms with E-state index in [0.29, 0.717) is 6.54 Å². The predicted molar refractivity (Wildman–Crippen MR) is 72.5 cm³/mol. The van der Waals surface area contributed by atoms with E-state index in [2.05, 4.69) is 14.8 Å². The molecule has 5 heteroatoms. The Bertz CT molecular complexity index is 372. The highest BCUT2D eigenvalue weighted by Crippen LogP contribution is 2.20. The molecule has 3 N–H and O–H groups in total. The van der Waals surface area contributed by atoms with E-state index in [1.54, 1.807) is 6.20 Å². The summed E-state index contributed by atoms with van der Waals surface area (Å²) in [6.07, 6.45) is 4.81. The van der Waals surface area contributed by atoms with Gasteiger partial charge in [0.2, 0.25) is 0 Å². The third kappa shape index (κ3) is 3.19. The van der Waals surface area contributed by atoms with E-state index in [1.165, 1.54) is 0 Å². The first-order valence-electron chi connectivity index (χ1n) is 6.56. The summed E-state index contributed by atoms with van der Waals surface area (Å²) in [5.74, 6) is 0. The molecule has 100 valence electrons. The Morgan fingerprint density at radius 3 is 2.94 bits per heavy atom. The molecule has 1 aromatic heterocycles. The number of nitrogens with zero attached hydrogens (tertiary/aromatic N) is 3. The molecular weight excluding hydrogens is 228 g/mol. The van der Waals surface area contributed by atoms with Crippen molar-refractivity contribution in [1.29, 1.82) is 0 Å². The third-order valence-corrected chi connectivity index (χ3v) is 3.45. The summed E-state index contributed by atoms with van der Waals surface area (Å²) in [6.45, 7) is 5.59. The molecule has 0 saturated carbocycles. The van der Waals surface area contributed by atoms with Gasteiger partial charge in [-0.1, -0.05) is 0 Å². The van der Waals surface area contributed by atoms with Crippen LogP contribution in [0.2, 0.25) is 0 Å². The first-order chi connectivity index (χ1) is 8.85. The first-order valence-corrected chi connectivity index (χ1v) is 6.56. The molecule has 0 spiro atoms. The standard InChI is InChI=1S/C13H22N4O/c14-10-12-2-3-15-11-13(12)17-5-1-4-16(6-7-17)8-9-18/h2-3,11,18H,1,4-10,14H2. The number of aliphatic hydroxyl groups is 1. The van der Waals surface area contributed by atoms with Gasteiger partial charge in [0.1, 0.15) is 0 Å². The molecule has 0 radical (unpaired) electrons. The van der Waals surface area contributed by atoms with Gasteiger partial charge in [-0.2, -0.15) is 0 Å². The summed E-state index contributed by atoms with van der Waals surface area (Å²) >= 11 is 0. The lowest BCUT2D eigenvalue weighted by molar-refractivity contribution is 0.204. The maximum atomic E-state index is 8.99. The largest absolute Gasteiger partial charge is 0.395 e. The van der Waals surface area contributed by atoms with Crippen LogP contribution in [0.15, 0.2) is 18.5 Å². The fraction of sp³-hybridized carbons (Fsp3) is 0.615. The van der Waals surface area contributed by atoms with Gasteiger partial charge in [0, 0.05) is 38.9 Å². The van der Waals surface area contributed by atoms with Gasteiger partial charge in [0.15, 0.2) is 0 Å². The zero-order valence-electron chi connectivity index (χ0n) is 10.8. The van der Waals surface area contributed by atoms with E-state index < -0.39 is 0 Å². The zero-order chi connectivity index (χ0) is 12.8. The van der Waals surface area contributed by atoms with E-state index >= 15 is 0 Å². The van der Waals surface area contributed by atoms with E-state index in [9.17, 15) is 0 Å². The van der Waals surface area contributed by atoms with E-state index in [1.807, 2.05) is 12.3 Å². The number of nitrogens with two attached hydrogens (primary N) is 1. The van der Waals surface area contributed by atoms with Crippen molar-refractivity contribution in [2.75, 3.05) is 44.2 Å². The number of β-amino-alcohol motifs (C(OH)–C–C–N with tert-alkyl or cyclic N) is 1. The molecule has 2 heterocycles. The van der Waals surface area contributed by atoms with Crippen molar-refractivity contribution in [3.05, 3.63) is 24.0 Å². The fourth-order valence-electron chi connectivity index (χ4n) is 2.45. The number of hydrogen-bond donors (Lipinski definition) is 2. The van der Waals surface area contributed by atoms with Crippen LogP contribution in [-0.4, -0.2) is 54.3 Å². The Morgan fingerprint density at radius 1 is 1.28 bits per heavy atom. The minimum atomic E-state index is 0.237. The monoisotopic (exact) mass is 250 g/mol. The minimum absolute atomic E-state index is 0.237. The lowest BCUT2D eigenvalue weighted by atomic mass is 10.2. The average Bonchev–Trinajstić information content (AvgIpc) is 2.65.